The van der Waals surface area contributed by atoms with Crippen LogP contribution in [0.1, 0.15) is 27.4 Å². The molecule has 0 radical (unpaired) electrons. The van der Waals surface area contributed by atoms with Gasteiger partial charge in [0.25, 0.3) is 5.91 Å². The molecule has 1 aliphatic heterocycles. The third-order valence-electron chi connectivity index (χ3n) is 5.19. The minimum absolute atomic E-state index is 0.00273. The molecule has 1 fully saturated rings. The minimum atomic E-state index is 0.00273. The lowest BCUT2D eigenvalue weighted by atomic mass is 10.1. The number of furan rings is 1. The van der Waals surface area contributed by atoms with E-state index in [1.807, 2.05) is 43.0 Å². The lowest BCUT2D eigenvalue weighted by Crippen LogP contribution is -2.51. The summed E-state index contributed by atoms with van der Waals surface area (Å²) in [5.41, 5.74) is 1.79. The van der Waals surface area contributed by atoms with Crippen molar-refractivity contribution in [1.29, 1.82) is 0 Å². The third-order valence-corrected chi connectivity index (χ3v) is 5.19. The molecule has 0 spiro atoms. The number of hydrogen-bond acceptors (Lipinski definition) is 5. The van der Waals surface area contributed by atoms with E-state index in [0.717, 1.165) is 23.5 Å². The number of rotatable bonds is 7. The fraction of sp³-hybridized carbons (Fsp3) is 0.455. The first-order valence-electron chi connectivity index (χ1n) is 9.94. The van der Waals surface area contributed by atoms with Crippen LogP contribution in [0.5, 0.6) is 5.75 Å². The van der Waals surface area contributed by atoms with Crippen molar-refractivity contribution in [3.63, 3.8) is 0 Å². The highest BCUT2D eigenvalue weighted by Gasteiger charge is 2.25. The number of ether oxygens (including phenoxy) is 1. The van der Waals surface area contributed by atoms with E-state index in [2.05, 4.69) is 10.2 Å². The van der Waals surface area contributed by atoms with Crippen LogP contribution in [0, 0.1) is 13.8 Å². The Morgan fingerprint density at radius 3 is 2.38 bits per heavy atom. The van der Waals surface area contributed by atoms with Crippen molar-refractivity contribution in [1.82, 2.24) is 15.1 Å². The fourth-order valence-corrected chi connectivity index (χ4v) is 3.52. The highest BCUT2D eigenvalue weighted by Crippen LogP contribution is 2.17. The van der Waals surface area contributed by atoms with Crippen molar-refractivity contribution in [2.24, 2.45) is 0 Å². The second kappa shape index (κ2) is 9.60. The maximum absolute atomic E-state index is 12.6. The number of carbonyl (C=O) groups excluding carboxylic acids is 2. The van der Waals surface area contributed by atoms with Gasteiger partial charge in [0.05, 0.1) is 19.2 Å². The molecule has 0 unspecified atom stereocenters. The van der Waals surface area contributed by atoms with Gasteiger partial charge in [0, 0.05) is 32.7 Å². The Kier molecular flexibility index (Phi) is 6.93. The molecule has 7 nitrogen and oxygen atoms in total. The van der Waals surface area contributed by atoms with Crippen molar-refractivity contribution in [3.05, 3.63) is 53.0 Å². The first-order chi connectivity index (χ1) is 14.0. The first kappa shape index (κ1) is 20.9. The van der Waals surface area contributed by atoms with Crippen LogP contribution in [0.15, 0.2) is 34.7 Å². The molecule has 156 valence electrons. The van der Waals surface area contributed by atoms with Crippen LogP contribution < -0.4 is 10.1 Å². The van der Waals surface area contributed by atoms with Crippen LogP contribution in [0.2, 0.25) is 0 Å². The highest BCUT2D eigenvalue weighted by molar-refractivity contribution is 5.95. The van der Waals surface area contributed by atoms with E-state index in [-0.39, 0.29) is 11.8 Å². The van der Waals surface area contributed by atoms with E-state index in [1.165, 1.54) is 0 Å². The molecule has 1 aromatic heterocycles. The molecule has 1 N–H and O–H groups in total. The van der Waals surface area contributed by atoms with Gasteiger partial charge in [-0.15, -0.1) is 0 Å². The molecule has 2 aromatic rings. The molecule has 1 saturated heterocycles. The molecule has 0 saturated carbocycles. The Balaban J connectivity index is 1.38. The van der Waals surface area contributed by atoms with Crippen molar-refractivity contribution in [2.75, 3.05) is 46.4 Å². The standard InChI is InChI=1S/C22H29N3O4/c1-16-14-20(17(2)29-16)22(27)25-12-10-24(11-13-25)15-21(26)23-9-8-18-4-6-19(28-3)7-5-18/h4-7,14H,8-13,15H2,1-3H3,(H,23,26). The molecular formula is C22H29N3O4. The molecule has 0 bridgehead atoms. The van der Waals surface area contributed by atoms with Gasteiger partial charge in [-0.25, -0.2) is 0 Å². The summed E-state index contributed by atoms with van der Waals surface area (Å²) in [4.78, 5) is 28.8. The topological polar surface area (TPSA) is 75.0 Å². The summed E-state index contributed by atoms with van der Waals surface area (Å²) < 4.78 is 10.6. The van der Waals surface area contributed by atoms with Crippen molar-refractivity contribution >= 4 is 11.8 Å². The lowest BCUT2D eigenvalue weighted by molar-refractivity contribution is -0.122. The average molecular weight is 399 g/mol. The molecule has 3 rings (SSSR count). The Labute approximate surface area is 171 Å². The van der Waals surface area contributed by atoms with E-state index in [1.54, 1.807) is 13.2 Å². The number of carbonyl (C=O) groups is 2. The quantitative estimate of drug-likeness (QED) is 0.771. The lowest BCUT2D eigenvalue weighted by Gasteiger charge is -2.34. The predicted molar refractivity (Wildman–Crippen MR) is 110 cm³/mol. The molecule has 7 heteroatoms. The van der Waals surface area contributed by atoms with Crippen LogP contribution in [0.25, 0.3) is 0 Å². The molecule has 1 aliphatic rings. The summed E-state index contributed by atoms with van der Waals surface area (Å²) in [6.45, 7) is 7.21. The maximum Gasteiger partial charge on any atom is 0.257 e. The summed E-state index contributed by atoms with van der Waals surface area (Å²) >= 11 is 0. The van der Waals surface area contributed by atoms with Crippen LogP contribution in [-0.4, -0.2) is 68.0 Å². The monoisotopic (exact) mass is 399 g/mol. The summed E-state index contributed by atoms with van der Waals surface area (Å²) in [7, 11) is 1.64. The van der Waals surface area contributed by atoms with Crippen LogP contribution in [-0.2, 0) is 11.2 Å². The van der Waals surface area contributed by atoms with Gasteiger partial charge < -0.3 is 19.4 Å². The van der Waals surface area contributed by atoms with Gasteiger partial charge in [0.15, 0.2) is 0 Å². The summed E-state index contributed by atoms with van der Waals surface area (Å²) in [5.74, 6) is 2.25. The zero-order valence-electron chi connectivity index (χ0n) is 17.4. The van der Waals surface area contributed by atoms with Crippen LogP contribution in [0.4, 0.5) is 0 Å². The number of aryl methyl sites for hydroxylation is 2. The molecule has 0 aliphatic carbocycles. The molecule has 29 heavy (non-hydrogen) atoms. The van der Waals surface area contributed by atoms with Crippen molar-refractivity contribution in [3.8, 4) is 5.75 Å². The highest BCUT2D eigenvalue weighted by atomic mass is 16.5. The van der Waals surface area contributed by atoms with Gasteiger partial charge in [-0.05, 0) is 44.0 Å². The normalized spacial score (nSPS) is 14.7. The van der Waals surface area contributed by atoms with Crippen molar-refractivity contribution < 1.29 is 18.7 Å². The summed E-state index contributed by atoms with van der Waals surface area (Å²) in [6.07, 6.45) is 0.779. The Morgan fingerprint density at radius 2 is 1.79 bits per heavy atom. The second-order valence-electron chi connectivity index (χ2n) is 7.34. The number of hydrogen-bond donors (Lipinski definition) is 1. The first-order valence-corrected chi connectivity index (χ1v) is 9.94. The summed E-state index contributed by atoms with van der Waals surface area (Å²) in [5, 5.41) is 2.97. The summed E-state index contributed by atoms with van der Waals surface area (Å²) in [6, 6.07) is 9.64. The van der Waals surface area contributed by atoms with E-state index in [4.69, 9.17) is 9.15 Å². The molecule has 1 aromatic carbocycles. The average Bonchev–Trinajstić information content (AvgIpc) is 3.06. The largest absolute Gasteiger partial charge is 0.497 e. The van der Waals surface area contributed by atoms with Gasteiger partial charge in [-0.1, -0.05) is 12.1 Å². The zero-order chi connectivity index (χ0) is 20.8. The molecule has 2 heterocycles. The van der Waals surface area contributed by atoms with Gasteiger partial charge in [-0.2, -0.15) is 0 Å². The van der Waals surface area contributed by atoms with E-state index in [0.29, 0.717) is 50.6 Å². The van der Waals surface area contributed by atoms with Crippen LogP contribution >= 0.6 is 0 Å². The number of nitrogens with one attached hydrogen (secondary N) is 1. The van der Waals surface area contributed by atoms with E-state index >= 15 is 0 Å². The third kappa shape index (κ3) is 5.60. The van der Waals surface area contributed by atoms with Gasteiger partial charge in [0.2, 0.25) is 5.91 Å². The zero-order valence-corrected chi connectivity index (χ0v) is 17.4. The molecule has 0 atom stereocenters. The number of piperazine rings is 1. The van der Waals surface area contributed by atoms with E-state index in [9.17, 15) is 9.59 Å². The minimum Gasteiger partial charge on any atom is -0.497 e. The number of methoxy groups -OCH3 is 1. The SMILES string of the molecule is COc1ccc(CCNC(=O)CN2CCN(C(=O)c3cc(C)oc3C)CC2)cc1. The maximum atomic E-state index is 12.6. The Hall–Kier alpha value is -2.80. The Bertz CT molecular complexity index is 836. The van der Waals surface area contributed by atoms with E-state index < -0.39 is 0 Å². The van der Waals surface area contributed by atoms with Crippen molar-refractivity contribution in [2.45, 2.75) is 20.3 Å². The van der Waals surface area contributed by atoms with Crippen LogP contribution in [0.3, 0.4) is 0 Å². The number of nitrogens with zero attached hydrogens (tertiary/aromatic N) is 2. The van der Waals surface area contributed by atoms with Gasteiger partial charge >= 0.3 is 0 Å². The Morgan fingerprint density at radius 1 is 1.10 bits per heavy atom. The van der Waals surface area contributed by atoms with Gasteiger partial charge in [-0.3, -0.25) is 14.5 Å². The molecule has 2 amide bonds. The second-order valence-corrected chi connectivity index (χ2v) is 7.34. The smallest absolute Gasteiger partial charge is 0.257 e. The molecular weight excluding hydrogens is 370 g/mol. The van der Waals surface area contributed by atoms with Gasteiger partial charge in [0.1, 0.15) is 17.3 Å². The number of benzene rings is 1. The number of amides is 2. The predicted octanol–water partition coefficient (Wildman–Crippen LogP) is 2.02. The fourth-order valence-electron chi connectivity index (χ4n) is 3.52.